The maximum atomic E-state index is 10.9. The van der Waals surface area contributed by atoms with E-state index in [0.717, 1.165) is 18.0 Å². The Bertz CT molecular complexity index is 461. The van der Waals surface area contributed by atoms with E-state index in [0.29, 0.717) is 12.6 Å². The van der Waals surface area contributed by atoms with Crippen LogP contribution < -0.4 is 5.32 Å². The van der Waals surface area contributed by atoms with Crippen LogP contribution in [-0.2, 0) is 4.74 Å². The second-order valence-corrected chi connectivity index (χ2v) is 6.27. The summed E-state index contributed by atoms with van der Waals surface area (Å²) in [4.78, 5) is 13.9. The van der Waals surface area contributed by atoms with Crippen molar-refractivity contribution in [1.82, 2.24) is 10.2 Å². The van der Waals surface area contributed by atoms with Crippen molar-refractivity contribution in [3.8, 4) is 0 Å². The van der Waals surface area contributed by atoms with Crippen LogP contribution in [0.5, 0.6) is 0 Å². The molecule has 7 heteroatoms. The molecule has 6 nitrogen and oxygen atoms in total. The third kappa shape index (κ3) is 3.17. The van der Waals surface area contributed by atoms with Crippen molar-refractivity contribution in [2.75, 3.05) is 26.7 Å². The first-order valence-corrected chi connectivity index (χ1v) is 7.62. The molecule has 2 atom stereocenters. The number of morpholine rings is 1. The lowest BCUT2D eigenvalue weighted by Gasteiger charge is -2.43. The van der Waals surface area contributed by atoms with Crippen LogP contribution >= 0.6 is 11.3 Å². The van der Waals surface area contributed by atoms with Gasteiger partial charge in [-0.25, -0.2) is 0 Å². The number of nitro groups is 1. The molecule has 0 aromatic carbocycles. The van der Waals surface area contributed by atoms with Gasteiger partial charge in [-0.15, -0.1) is 0 Å². The van der Waals surface area contributed by atoms with Crippen molar-refractivity contribution in [2.24, 2.45) is 0 Å². The monoisotopic (exact) mass is 299 g/mol. The van der Waals surface area contributed by atoms with Gasteiger partial charge in [0.05, 0.1) is 23.7 Å². The van der Waals surface area contributed by atoms with E-state index < -0.39 is 0 Å². The number of rotatable bonds is 5. The van der Waals surface area contributed by atoms with E-state index in [1.54, 1.807) is 6.07 Å². The molecule has 0 amide bonds. The zero-order valence-corrected chi connectivity index (χ0v) is 12.9. The molecule has 2 unspecified atom stereocenters. The molecule has 1 aromatic rings. The molecule has 0 bridgehead atoms. The van der Waals surface area contributed by atoms with Crippen molar-refractivity contribution >= 4 is 16.3 Å². The van der Waals surface area contributed by atoms with Gasteiger partial charge >= 0.3 is 5.00 Å². The third-order valence-electron chi connectivity index (χ3n) is 3.54. The van der Waals surface area contributed by atoms with Crippen LogP contribution in [0.25, 0.3) is 0 Å². The molecule has 1 aliphatic rings. The average Bonchev–Trinajstić information content (AvgIpc) is 2.88. The van der Waals surface area contributed by atoms with Crippen molar-refractivity contribution in [3.05, 3.63) is 27.1 Å². The van der Waals surface area contributed by atoms with Crippen molar-refractivity contribution in [1.29, 1.82) is 0 Å². The zero-order chi connectivity index (χ0) is 14.7. The Hall–Kier alpha value is -1.02. The molecule has 0 saturated carbocycles. The standard InChI is InChI=1S/C13H21N3O3S/c1-9(2)15-6-7-19-10(8-14-3)13(15)11-4-5-12(20-11)16(17)18/h4-5,9-10,13-14H,6-8H2,1-3H3. The van der Waals surface area contributed by atoms with Gasteiger partial charge in [-0.3, -0.25) is 15.0 Å². The predicted molar refractivity (Wildman–Crippen MR) is 79.2 cm³/mol. The van der Waals surface area contributed by atoms with Crippen LogP contribution in [0.3, 0.4) is 0 Å². The van der Waals surface area contributed by atoms with Crippen LogP contribution in [0.4, 0.5) is 5.00 Å². The van der Waals surface area contributed by atoms with Crippen LogP contribution in [0.1, 0.15) is 24.8 Å². The second kappa shape index (κ2) is 6.62. The molecule has 1 aliphatic heterocycles. The minimum absolute atomic E-state index is 0.0226. The molecule has 0 spiro atoms. The maximum Gasteiger partial charge on any atom is 0.324 e. The lowest BCUT2D eigenvalue weighted by molar-refractivity contribution is -0.380. The Morgan fingerprint density at radius 3 is 2.90 bits per heavy atom. The van der Waals surface area contributed by atoms with E-state index in [2.05, 4.69) is 24.1 Å². The minimum Gasteiger partial charge on any atom is -0.374 e. The van der Waals surface area contributed by atoms with E-state index in [1.165, 1.54) is 11.3 Å². The van der Waals surface area contributed by atoms with E-state index in [-0.39, 0.29) is 22.1 Å². The normalized spacial score (nSPS) is 24.2. The van der Waals surface area contributed by atoms with Gasteiger partial charge in [-0.05, 0) is 27.0 Å². The smallest absolute Gasteiger partial charge is 0.324 e. The molecule has 0 radical (unpaired) electrons. The predicted octanol–water partition coefficient (Wildman–Crippen LogP) is 2.03. The van der Waals surface area contributed by atoms with Gasteiger partial charge in [0.2, 0.25) is 0 Å². The molecule has 1 aromatic heterocycles. The van der Waals surface area contributed by atoms with E-state index in [1.807, 2.05) is 13.1 Å². The van der Waals surface area contributed by atoms with Crippen LogP contribution in [0, 0.1) is 10.1 Å². The summed E-state index contributed by atoms with van der Waals surface area (Å²) in [5.41, 5.74) is 0. The van der Waals surface area contributed by atoms with Gasteiger partial charge in [0.1, 0.15) is 0 Å². The number of nitrogens with zero attached hydrogens (tertiary/aromatic N) is 2. The lowest BCUT2D eigenvalue weighted by atomic mass is 10.0. The molecule has 1 fully saturated rings. The van der Waals surface area contributed by atoms with Crippen molar-refractivity contribution < 1.29 is 9.66 Å². The third-order valence-corrected chi connectivity index (χ3v) is 4.65. The summed E-state index contributed by atoms with van der Waals surface area (Å²) in [5.74, 6) is 0. The highest BCUT2D eigenvalue weighted by Crippen LogP contribution is 2.37. The van der Waals surface area contributed by atoms with Crippen LogP contribution in [0.2, 0.25) is 0 Å². The number of thiophene rings is 1. The van der Waals surface area contributed by atoms with Gasteiger partial charge in [-0.1, -0.05) is 11.3 Å². The molecular weight excluding hydrogens is 278 g/mol. The highest BCUT2D eigenvalue weighted by molar-refractivity contribution is 7.15. The van der Waals surface area contributed by atoms with Crippen molar-refractivity contribution in [2.45, 2.75) is 32.0 Å². The Morgan fingerprint density at radius 2 is 2.35 bits per heavy atom. The number of hydrogen-bond acceptors (Lipinski definition) is 6. The molecule has 1 N–H and O–H groups in total. The SMILES string of the molecule is CNCC1OCCN(C(C)C)C1c1ccc([N+](=O)[O-])s1. The summed E-state index contributed by atoms with van der Waals surface area (Å²) in [6.45, 7) is 6.59. The van der Waals surface area contributed by atoms with E-state index in [4.69, 9.17) is 4.74 Å². The van der Waals surface area contributed by atoms with Gasteiger partial charge in [-0.2, -0.15) is 0 Å². The Balaban J connectivity index is 2.30. The molecule has 0 aliphatic carbocycles. The molecule has 1 saturated heterocycles. The highest BCUT2D eigenvalue weighted by Gasteiger charge is 2.36. The first kappa shape index (κ1) is 15.4. The first-order valence-electron chi connectivity index (χ1n) is 6.80. The Morgan fingerprint density at radius 1 is 1.60 bits per heavy atom. The lowest BCUT2D eigenvalue weighted by Crippen LogP contribution is -2.50. The summed E-state index contributed by atoms with van der Waals surface area (Å²) in [5, 5.41) is 14.2. The molecular formula is C13H21N3O3S. The second-order valence-electron chi connectivity index (χ2n) is 5.18. The fourth-order valence-corrected chi connectivity index (χ4v) is 3.65. The fraction of sp³-hybridized carbons (Fsp3) is 0.692. The molecule has 2 heterocycles. The molecule has 2 rings (SSSR count). The quantitative estimate of drug-likeness (QED) is 0.665. The number of likely N-dealkylation sites (N-methyl/N-ethyl adjacent to an activating group) is 1. The first-order chi connectivity index (χ1) is 9.54. The number of ether oxygens (including phenoxy) is 1. The van der Waals surface area contributed by atoms with Crippen LogP contribution in [0.15, 0.2) is 12.1 Å². The van der Waals surface area contributed by atoms with Gasteiger partial charge in [0.25, 0.3) is 0 Å². The largest absolute Gasteiger partial charge is 0.374 e. The summed E-state index contributed by atoms with van der Waals surface area (Å²) < 4.78 is 5.87. The Kier molecular flexibility index (Phi) is 5.09. The Labute approximate surface area is 122 Å². The van der Waals surface area contributed by atoms with Gasteiger partial charge in [0.15, 0.2) is 0 Å². The summed E-state index contributed by atoms with van der Waals surface area (Å²) in [6, 6.07) is 3.91. The fourth-order valence-electron chi connectivity index (χ4n) is 2.65. The average molecular weight is 299 g/mol. The summed E-state index contributed by atoms with van der Waals surface area (Å²) >= 11 is 1.25. The van der Waals surface area contributed by atoms with Gasteiger partial charge < -0.3 is 10.1 Å². The highest BCUT2D eigenvalue weighted by atomic mass is 32.1. The molecule has 20 heavy (non-hydrogen) atoms. The minimum atomic E-state index is -0.329. The van der Waals surface area contributed by atoms with Crippen LogP contribution in [-0.4, -0.2) is 48.7 Å². The molecule has 112 valence electrons. The summed E-state index contributed by atoms with van der Waals surface area (Å²) in [7, 11) is 1.89. The zero-order valence-electron chi connectivity index (χ0n) is 12.0. The van der Waals surface area contributed by atoms with Crippen molar-refractivity contribution in [3.63, 3.8) is 0 Å². The number of nitrogens with one attached hydrogen (secondary N) is 1. The maximum absolute atomic E-state index is 10.9. The van der Waals surface area contributed by atoms with E-state index in [9.17, 15) is 10.1 Å². The topological polar surface area (TPSA) is 67.6 Å². The number of hydrogen-bond donors (Lipinski definition) is 1. The van der Waals surface area contributed by atoms with E-state index >= 15 is 0 Å². The van der Waals surface area contributed by atoms with Gasteiger partial charge in [0, 0.05) is 30.1 Å². The summed E-state index contributed by atoms with van der Waals surface area (Å²) in [6.07, 6.45) is 0.0226.